The zero-order chi connectivity index (χ0) is 9.80. The maximum absolute atomic E-state index is 5.89. The van der Waals surface area contributed by atoms with Crippen molar-refractivity contribution in [2.24, 2.45) is 0 Å². The van der Waals surface area contributed by atoms with Crippen LogP contribution < -0.4 is 0 Å². The van der Waals surface area contributed by atoms with Gasteiger partial charge in [-0.15, -0.1) is 0 Å². The summed E-state index contributed by atoms with van der Waals surface area (Å²) < 4.78 is 0. The number of rotatable bonds is 2. The summed E-state index contributed by atoms with van der Waals surface area (Å²) >= 11 is 5.89. The van der Waals surface area contributed by atoms with Crippen LogP contribution in [0.4, 0.5) is 0 Å². The molecule has 0 amide bonds. The molecular formula is C13H10Cl. The Kier molecular flexibility index (Phi) is 2.85. The molecule has 0 nitrogen and oxygen atoms in total. The van der Waals surface area contributed by atoms with Gasteiger partial charge in [0.2, 0.25) is 0 Å². The summed E-state index contributed by atoms with van der Waals surface area (Å²) in [6, 6.07) is 19.1. The maximum atomic E-state index is 5.89. The molecule has 1 heteroatoms. The molecule has 0 atom stereocenters. The van der Waals surface area contributed by atoms with Gasteiger partial charge in [-0.3, -0.25) is 0 Å². The highest BCUT2D eigenvalue weighted by Gasteiger charge is 1.96. The number of benzene rings is 2. The van der Waals surface area contributed by atoms with E-state index in [1.165, 1.54) is 5.56 Å². The van der Waals surface area contributed by atoms with Gasteiger partial charge in [0.1, 0.15) is 0 Å². The van der Waals surface area contributed by atoms with E-state index in [9.17, 15) is 0 Å². The maximum Gasteiger partial charge on any atom is 0.0409 e. The smallest absolute Gasteiger partial charge is 0.0409 e. The van der Waals surface area contributed by atoms with Crippen molar-refractivity contribution in [3.8, 4) is 0 Å². The summed E-state index contributed by atoms with van der Waals surface area (Å²) in [5.74, 6) is 0. The molecule has 0 saturated heterocycles. The Labute approximate surface area is 89.2 Å². The van der Waals surface area contributed by atoms with E-state index < -0.39 is 0 Å². The molecule has 0 aromatic heterocycles. The molecule has 0 unspecified atom stereocenters. The minimum absolute atomic E-state index is 0.773. The van der Waals surface area contributed by atoms with E-state index in [1.54, 1.807) is 0 Å². The number of hydrogen-bond donors (Lipinski definition) is 0. The number of hydrogen-bond acceptors (Lipinski definition) is 0. The first-order valence-corrected chi connectivity index (χ1v) is 4.92. The average Bonchev–Trinajstić information content (AvgIpc) is 2.19. The molecule has 2 rings (SSSR count). The predicted octanol–water partition coefficient (Wildman–Crippen LogP) is 3.73. The molecule has 1 radical (unpaired) electrons. The van der Waals surface area contributed by atoms with E-state index in [2.05, 4.69) is 18.2 Å². The van der Waals surface area contributed by atoms with E-state index in [4.69, 9.17) is 11.6 Å². The van der Waals surface area contributed by atoms with E-state index >= 15 is 0 Å². The molecule has 0 aliphatic rings. The fourth-order valence-electron chi connectivity index (χ4n) is 1.40. The highest BCUT2D eigenvalue weighted by molar-refractivity contribution is 6.30. The molecule has 0 spiro atoms. The lowest BCUT2D eigenvalue weighted by Crippen LogP contribution is -1.87. The third-order valence-corrected chi connectivity index (χ3v) is 2.30. The van der Waals surface area contributed by atoms with Crippen LogP contribution in [-0.2, 0) is 6.42 Å². The van der Waals surface area contributed by atoms with Crippen LogP contribution in [0.2, 0.25) is 5.02 Å². The first kappa shape index (κ1) is 9.29. The summed E-state index contributed by atoms with van der Waals surface area (Å²) in [5.41, 5.74) is 2.41. The normalized spacial score (nSPS) is 10.1. The molecule has 0 N–H and O–H groups in total. The Bertz CT molecular complexity index is 407. The van der Waals surface area contributed by atoms with Crippen LogP contribution in [0.3, 0.4) is 0 Å². The van der Waals surface area contributed by atoms with Crippen LogP contribution in [0.15, 0.2) is 48.5 Å². The minimum atomic E-state index is 0.773. The van der Waals surface area contributed by atoms with Crippen molar-refractivity contribution in [2.45, 2.75) is 6.42 Å². The van der Waals surface area contributed by atoms with Gasteiger partial charge in [0, 0.05) is 5.02 Å². The summed E-state index contributed by atoms with van der Waals surface area (Å²) in [5, 5.41) is 0.773. The molecular weight excluding hydrogens is 192 g/mol. The Morgan fingerprint density at radius 2 is 1.86 bits per heavy atom. The molecule has 2 aromatic carbocycles. The molecule has 0 aliphatic heterocycles. The monoisotopic (exact) mass is 201 g/mol. The van der Waals surface area contributed by atoms with Crippen LogP contribution in [-0.4, -0.2) is 0 Å². The molecule has 0 fully saturated rings. The molecule has 14 heavy (non-hydrogen) atoms. The minimum Gasteiger partial charge on any atom is -0.0843 e. The third-order valence-electron chi connectivity index (χ3n) is 2.06. The zero-order valence-electron chi connectivity index (χ0n) is 7.70. The van der Waals surface area contributed by atoms with E-state index in [1.807, 2.05) is 36.4 Å². The van der Waals surface area contributed by atoms with E-state index in [-0.39, 0.29) is 0 Å². The van der Waals surface area contributed by atoms with Crippen molar-refractivity contribution in [3.05, 3.63) is 70.7 Å². The highest BCUT2D eigenvalue weighted by atomic mass is 35.5. The van der Waals surface area contributed by atoms with Gasteiger partial charge in [0.25, 0.3) is 0 Å². The molecule has 0 bridgehead atoms. The van der Waals surface area contributed by atoms with Gasteiger partial charge in [-0.1, -0.05) is 48.0 Å². The van der Waals surface area contributed by atoms with Crippen molar-refractivity contribution in [3.63, 3.8) is 0 Å². The fourth-order valence-corrected chi connectivity index (χ4v) is 1.60. The van der Waals surface area contributed by atoms with Crippen LogP contribution in [0.1, 0.15) is 11.1 Å². The topological polar surface area (TPSA) is 0 Å². The van der Waals surface area contributed by atoms with Gasteiger partial charge in [-0.25, -0.2) is 0 Å². The van der Waals surface area contributed by atoms with Crippen LogP contribution in [0, 0.1) is 6.07 Å². The van der Waals surface area contributed by atoms with Crippen molar-refractivity contribution in [1.82, 2.24) is 0 Å². The van der Waals surface area contributed by atoms with E-state index in [0.717, 1.165) is 17.0 Å². The van der Waals surface area contributed by atoms with Gasteiger partial charge >= 0.3 is 0 Å². The zero-order valence-corrected chi connectivity index (χ0v) is 8.46. The Morgan fingerprint density at radius 3 is 2.57 bits per heavy atom. The van der Waals surface area contributed by atoms with Crippen molar-refractivity contribution in [1.29, 1.82) is 0 Å². The van der Waals surface area contributed by atoms with Gasteiger partial charge in [0.05, 0.1) is 0 Å². The largest absolute Gasteiger partial charge is 0.0843 e. The second kappa shape index (κ2) is 4.30. The summed E-state index contributed by atoms with van der Waals surface area (Å²) in [6.07, 6.45) is 0.890. The van der Waals surface area contributed by atoms with Crippen LogP contribution in [0.5, 0.6) is 0 Å². The molecule has 0 heterocycles. The predicted molar refractivity (Wildman–Crippen MR) is 59.5 cm³/mol. The van der Waals surface area contributed by atoms with Gasteiger partial charge in [-0.05, 0) is 35.7 Å². The number of halogens is 1. The van der Waals surface area contributed by atoms with Crippen LogP contribution >= 0.6 is 11.6 Å². The summed E-state index contributed by atoms with van der Waals surface area (Å²) in [4.78, 5) is 0. The summed E-state index contributed by atoms with van der Waals surface area (Å²) in [6.45, 7) is 0. The Balaban J connectivity index is 2.19. The highest BCUT2D eigenvalue weighted by Crippen LogP contribution is 2.13. The summed E-state index contributed by atoms with van der Waals surface area (Å²) in [7, 11) is 0. The first-order chi connectivity index (χ1) is 6.84. The van der Waals surface area contributed by atoms with Crippen molar-refractivity contribution < 1.29 is 0 Å². The fraction of sp³-hybridized carbons (Fsp3) is 0.0769. The second-order valence-electron chi connectivity index (χ2n) is 3.19. The quantitative estimate of drug-likeness (QED) is 0.695. The molecule has 2 aromatic rings. The second-order valence-corrected chi connectivity index (χ2v) is 3.63. The van der Waals surface area contributed by atoms with Crippen LogP contribution in [0.25, 0.3) is 0 Å². The van der Waals surface area contributed by atoms with E-state index in [0.29, 0.717) is 0 Å². The Hall–Kier alpha value is -1.27. The third kappa shape index (κ3) is 2.36. The van der Waals surface area contributed by atoms with Gasteiger partial charge in [0.15, 0.2) is 0 Å². The van der Waals surface area contributed by atoms with Crippen molar-refractivity contribution in [2.75, 3.05) is 0 Å². The van der Waals surface area contributed by atoms with Gasteiger partial charge < -0.3 is 0 Å². The average molecular weight is 202 g/mol. The van der Waals surface area contributed by atoms with Gasteiger partial charge in [-0.2, -0.15) is 0 Å². The lowest BCUT2D eigenvalue weighted by atomic mass is 10.1. The molecule has 0 saturated carbocycles. The Morgan fingerprint density at radius 1 is 1.07 bits per heavy atom. The standard InChI is InChI=1S/C13H10Cl/c14-13-8-4-7-12(10-13)9-11-5-2-1-3-6-11/h1-6,8,10H,9H2. The van der Waals surface area contributed by atoms with Crippen molar-refractivity contribution >= 4 is 11.6 Å². The molecule has 0 aliphatic carbocycles. The lowest BCUT2D eigenvalue weighted by Gasteiger charge is -2.01. The lowest BCUT2D eigenvalue weighted by molar-refractivity contribution is 1.19. The SMILES string of the molecule is Clc1cc[c]c(Cc2ccccc2)c1. The molecule has 69 valence electrons. The first-order valence-electron chi connectivity index (χ1n) is 4.54.